The van der Waals surface area contributed by atoms with Crippen molar-refractivity contribution in [1.82, 2.24) is 9.88 Å². The highest BCUT2D eigenvalue weighted by atomic mass is 32.1. The fraction of sp³-hybridized carbons (Fsp3) is 0.286. The first-order chi connectivity index (χ1) is 14.7. The number of aryl methyl sites for hydroxylation is 1. The SMILES string of the molecule is CCOC(=O)CN(Cc1ccc(C(F)(F)F)cc1)C(=O)c1nc(-c2cccs2)oc1C. The molecule has 0 fully saturated rings. The summed E-state index contributed by atoms with van der Waals surface area (Å²) in [5.41, 5.74) is -0.350. The number of amides is 1. The lowest BCUT2D eigenvalue weighted by molar-refractivity contribution is -0.144. The summed E-state index contributed by atoms with van der Waals surface area (Å²) in [4.78, 5) is 31.3. The first-order valence-electron chi connectivity index (χ1n) is 9.31. The fourth-order valence-corrected chi connectivity index (χ4v) is 3.48. The second-order valence-corrected chi connectivity index (χ2v) is 7.51. The smallest absolute Gasteiger partial charge is 0.416 e. The molecule has 31 heavy (non-hydrogen) atoms. The molecule has 0 unspecified atom stereocenters. The van der Waals surface area contributed by atoms with Crippen molar-refractivity contribution in [2.45, 2.75) is 26.6 Å². The molecule has 0 saturated heterocycles. The van der Waals surface area contributed by atoms with Gasteiger partial charge in [0.05, 0.1) is 17.0 Å². The van der Waals surface area contributed by atoms with Crippen molar-refractivity contribution in [2.75, 3.05) is 13.2 Å². The van der Waals surface area contributed by atoms with Crippen LogP contribution in [0, 0.1) is 6.92 Å². The summed E-state index contributed by atoms with van der Waals surface area (Å²) in [5, 5.41) is 1.84. The molecule has 0 atom stereocenters. The number of ether oxygens (including phenoxy) is 1. The molecule has 1 aromatic carbocycles. The highest BCUT2D eigenvalue weighted by molar-refractivity contribution is 7.13. The molecule has 10 heteroatoms. The quantitative estimate of drug-likeness (QED) is 0.475. The van der Waals surface area contributed by atoms with E-state index in [1.165, 1.54) is 28.4 Å². The lowest BCUT2D eigenvalue weighted by Gasteiger charge is -2.21. The number of alkyl halides is 3. The predicted octanol–water partition coefficient (Wildman–Crippen LogP) is 4.94. The topological polar surface area (TPSA) is 72.6 Å². The normalized spacial score (nSPS) is 11.4. The van der Waals surface area contributed by atoms with Gasteiger partial charge in [0.1, 0.15) is 12.3 Å². The van der Waals surface area contributed by atoms with Gasteiger partial charge < -0.3 is 14.1 Å². The number of carbonyl (C=O) groups is 2. The van der Waals surface area contributed by atoms with Crippen LogP contribution in [0.3, 0.4) is 0 Å². The Morgan fingerprint density at radius 3 is 2.48 bits per heavy atom. The van der Waals surface area contributed by atoms with Gasteiger partial charge in [0.2, 0.25) is 5.89 Å². The van der Waals surface area contributed by atoms with Crippen LogP contribution in [0.25, 0.3) is 10.8 Å². The van der Waals surface area contributed by atoms with E-state index in [1.807, 2.05) is 11.4 Å². The lowest BCUT2D eigenvalue weighted by Crippen LogP contribution is -2.36. The fourth-order valence-electron chi connectivity index (χ4n) is 2.83. The van der Waals surface area contributed by atoms with Crippen LogP contribution in [0.2, 0.25) is 0 Å². The molecule has 6 nitrogen and oxygen atoms in total. The number of aromatic nitrogens is 1. The largest absolute Gasteiger partial charge is 0.465 e. The van der Waals surface area contributed by atoms with E-state index in [1.54, 1.807) is 19.9 Å². The van der Waals surface area contributed by atoms with Crippen molar-refractivity contribution in [2.24, 2.45) is 0 Å². The van der Waals surface area contributed by atoms with Crippen LogP contribution in [0.5, 0.6) is 0 Å². The summed E-state index contributed by atoms with van der Waals surface area (Å²) in [5.74, 6) is -0.671. The molecule has 2 aromatic heterocycles. The van der Waals surface area contributed by atoms with Gasteiger partial charge in [0.25, 0.3) is 5.91 Å². The molecular weight excluding hydrogens is 433 g/mol. The van der Waals surface area contributed by atoms with Gasteiger partial charge >= 0.3 is 12.1 Å². The number of esters is 1. The second-order valence-electron chi connectivity index (χ2n) is 6.56. The van der Waals surface area contributed by atoms with Gasteiger partial charge in [-0.3, -0.25) is 9.59 Å². The van der Waals surface area contributed by atoms with Gasteiger partial charge in [-0.05, 0) is 43.0 Å². The van der Waals surface area contributed by atoms with E-state index in [9.17, 15) is 22.8 Å². The molecular formula is C21H19F3N2O4S. The molecule has 0 saturated carbocycles. The number of oxazole rings is 1. The van der Waals surface area contributed by atoms with E-state index in [0.29, 0.717) is 5.56 Å². The van der Waals surface area contributed by atoms with Crippen molar-refractivity contribution in [3.8, 4) is 10.8 Å². The maximum absolute atomic E-state index is 13.1. The molecule has 3 rings (SSSR count). The summed E-state index contributed by atoms with van der Waals surface area (Å²) >= 11 is 1.39. The van der Waals surface area contributed by atoms with E-state index < -0.39 is 23.6 Å². The van der Waals surface area contributed by atoms with E-state index >= 15 is 0 Å². The number of hydrogen-bond acceptors (Lipinski definition) is 6. The standard InChI is InChI=1S/C21H19F3N2O4S/c1-3-29-17(27)12-26(11-14-6-8-15(9-7-14)21(22,23)24)20(28)18-13(2)30-19(25-18)16-5-4-10-31-16/h4-10H,3,11-12H2,1-2H3. The Morgan fingerprint density at radius 1 is 1.19 bits per heavy atom. The number of nitrogens with zero attached hydrogens (tertiary/aromatic N) is 2. The van der Waals surface area contributed by atoms with Gasteiger partial charge in [0.15, 0.2) is 5.69 Å². The summed E-state index contributed by atoms with van der Waals surface area (Å²) in [7, 11) is 0. The highest BCUT2D eigenvalue weighted by Crippen LogP contribution is 2.30. The third-order valence-electron chi connectivity index (χ3n) is 4.30. The van der Waals surface area contributed by atoms with Crippen molar-refractivity contribution < 1.29 is 31.9 Å². The lowest BCUT2D eigenvalue weighted by atomic mass is 10.1. The minimum atomic E-state index is -4.46. The average Bonchev–Trinajstić information content (AvgIpc) is 3.36. The highest BCUT2D eigenvalue weighted by Gasteiger charge is 2.30. The zero-order chi connectivity index (χ0) is 22.6. The number of thiophene rings is 1. The predicted molar refractivity (Wildman–Crippen MR) is 107 cm³/mol. The molecule has 0 spiro atoms. The molecule has 0 bridgehead atoms. The zero-order valence-corrected chi connectivity index (χ0v) is 17.5. The average molecular weight is 452 g/mol. The van der Waals surface area contributed by atoms with Crippen LogP contribution in [0.1, 0.15) is 34.3 Å². The Morgan fingerprint density at radius 2 is 1.90 bits per heavy atom. The summed E-state index contributed by atoms with van der Waals surface area (Å²) in [6.07, 6.45) is -4.46. The van der Waals surface area contributed by atoms with Gasteiger partial charge in [-0.25, -0.2) is 4.98 Å². The first kappa shape index (κ1) is 22.5. The second kappa shape index (κ2) is 9.34. The third kappa shape index (κ3) is 5.52. The maximum atomic E-state index is 13.1. The Labute approximate surface area is 180 Å². The Balaban J connectivity index is 1.86. The Kier molecular flexibility index (Phi) is 6.79. The van der Waals surface area contributed by atoms with Crippen LogP contribution in [0.4, 0.5) is 13.2 Å². The summed E-state index contributed by atoms with van der Waals surface area (Å²) in [6.45, 7) is 2.87. The Hall–Kier alpha value is -3.14. The third-order valence-corrected chi connectivity index (χ3v) is 5.16. The number of halogens is 3. The molecule has 2 heterocycles. The van der Waals surface area contributed by atoms with Crippen LogP contribution in [0.15, 0.2) is 46.2 Å². The number of benzene rings is 1. The van der Waals surface area contributed by atoms with Crippen molar-refractivity contribution in [1.29, 1.82) is 0 Å². The van der Waals surface area contributed by atoms with E-state index in [2.05, 4.69) is 4.98 Å². The molecule has 0 N–H and O–H groups in total. The van der Waals surface area contributed by atoms with Crippen LogP contribution in [-0.4, -0.2) is 34.9 Å². The van der Waals surface area contributed by atoms with Crippen LogP contribution < -0.4 is 0 Å². The van der Waals surface area contributed by atoms with Crippen molar-refractivity contribution >= 4 is 23.2 Å². The maximum Gasteiger partial charge on any atom is 0.416 e. The molecule has 3 aromatic rings. The summed E-state index contributed by atoms with van der Waals surface area (Å²) in [6, 6.07) is 8.00. The van der Waals surface area contributed by atoms with E-state index in [-0.39, 0.29) is 37.0 Å². The molecule has 1 amide bonds. The zero-order valence-electron chi connectivity index (χ0n) is 16.7. The minimum absolute atomic E-state index is 0.0274. The molecule has 164 valence electrons. The van der Waals surface area contributed by atoms with E-state index in [4.69, 9.17) is 9.15 Å². The summed E-state index contributed by atoms with van der Waals surface area (Å²) < 4.78 is 49.0. The van der Waals surface area contributed by atoms with Gasteiger partial charge in [-0.1, -0.05) is 18.2 Å². The van der Waals surface area contributed by atoms with Crippen LogP contribution in [-0.2, 0) is 22.3 Å². The first-order valence-corrected chi connectivity index (χ1v) is 10.2. The van der Waals surface area contributed by atoms with Crippen LogP contribution >= 0.6 is 11.3 Å². The molecule has 0 aliphatic rings. The number of hydrogen-bond donors (Lipinski definition) is 0. The van der Waals surface area contributed by atoms with Crippen molar-refractivity contribution in [3.63, 3.8) is 0 Å². The number of rotatable bonds is 7. The van der Waals surface area contributed by atoms with Gasteiger partial charge in [0, 0.05) is 6.54 Å². The molecule has 0 aliphatic heterocycles. The monoisotopic (exact) mass is 452 g/mol. The van der Waals surface area contributed by atoms with E-state index in [0.717, 1.165) is 17.0 Å². The Bertz CT molecular complexity index is 1040. The van der Waals surface area contributed by atoms with Gasteiger partial charge in [-0.2, -0.15) is 13.2 Å². The minimum Gasteiger partial charge on any atom is -0.465 e. The molecule has 0 aliphatic carbocycles. The number of carbonyl (C=O) groups excluding carboxylic acids is 2. The molecule has 0 radical (unpaired) electrons. The van der Waals surface area contributed by atoms with Crippen molar-refractivity contribution in [3.05, 3.63) is 64.4 Å². The van der Waals surface area contributed by atoms with Gasteiger partial charge in [-0.15, -0.1) is 11.3 Å².